The van der Waals surface area contributed by atoms with E-state index in [2.05, 4.69) is 6.58 Å². The average molecular weight is 398 g/mol. The average Bonchev–Trinajstić information content (AvgIpc) is 2.76. The Morgan fingerprint density at radius 1 is 0.966 bits per heavy atom. The molecule has 4 atom stereocenters. The van der Waals surface area contributed by atoms with Gasteiger partial charge in [0, 0.05) is 0 Å². The molecular formula is C22H22O7. The Hall–Kier alpha value is -3.00. The van der Waals surface area contributed by atoms with Crippen LogP contribution in [0.3, 0.4) is 0 Å². The van der Waals surface area contributed by atoms with Gasteiger partial charge in [-0.25, -0.2) is 9.59 Å². The molecule has 1 aliphatic heterocycles. The highest BCUT2D eigenvalue weighted by Gasteiger charge is 2.45. The van der Waals surface area contributed by atoms with Gasteiger partial charge in [0.1, 0.15) is 6.10 Å². The monoisotopic (exact) mass is 398 g/mol. The van der Waals surface area contributed by atoms with E-state index in [1.807, 2.05) is 0 Å². The van der Waals surface area contributed by atoms with Crippen LogP contribution in [0.2, 0.25) is 0 Å². The molecular weight excluding hydrogens is 376 g/mol. The molecule has 1 fully saturated rings. The minimum atomic E-state index is -1.35. The maximum Gasteiger partial charge on any atom is 0.338 e. The number of aliphatic hydroxyl groups is 1. The van der Waals surface area contributed by atoms with Crippen molar-refractivity contribution in [3.8, 4) is 0 Å². The molecule has 1 N–H and O–H groups in total. The van der Waals surface area contributed by atoms with E-state index in [4.69, 9.17) is 18.9 Å². The molecule has 1 heterocycles. The van der Waals surface area contributed by atoms with Crippen molar-refractivity contribution in [3.63, 3.8) is 0 Å². The predicted octanol–water partition coefficient (Wildman–Crippen LogP) is 2.36. The number of ether oxygens (including phenoxy) is 4. The lowest BCUT2D eigenvalue weighted by atomic mass is 10.0. The van der Waals surface area contributed by atoms with Crippen LogP contribution in [0.25, 0.3) is 0 Å². The van der Waals surface area contributed by atoms with Gasteiger partial charge in [0.15, 0.2) is 18.5 Å². The molecule has 0 amide bonds. The number of rotatable bonds is 7. The quantitative estimate of drug-likeness (QED) is 0.565. The Labute approximate surface area is 168 Å². The van der Waals surface area contributed by atoms with Crippen LogP contribution in [-0.2, 0) is 18.9 Å². The highest BCUT2D eigenvalue weighted by atomic mass is 16.7. The fourth-order valence-electron chi connectivity index (χ4n) is 2.90. The predicted molar refractivity (Wildman–Crippen MR) is 103 cm³/mol. The number of carbonyl (C=O) groups excluding carboxylic acids is 2. The van der Waals surface area contributed by atoms with Gasteiger partial charge in [-0.15, -0.1) is 6.58 Å². The normalized spacial score (nSPS) is 23.8. The molecule has 2 aromatic rings. The molecule has 7 nitrogen and oxygen atoms in total. The zero-order valence-electron chi connectivity index (χ0n) is 15.7. The largest absolute Gasteiger partial charge is 0.452 e. The molecule has 152 valence electrons. The molecule has 7 heteroatoms. The lowest BCUT2D eigenvalue weighted by Gasteiger charge is -2.39. The van der Waals surface area contributed by atoms with E-state index in [9.17, 15) is 14.7 Å². The van der Waals surface area contributed by atoms with Gasteiger partial charge >= 0.3 is 11.9 Å². The van der Waals surface area contributed by atoms with Crippen LogP contribution in [0.15, 0.2) is 73.3 Å². The lowest BCUT2D eigenvalue weighted by molar-refractivity contribution is -0.261. The van der Waals surface area contributed by atoms with Gasteiger partial charge in [-0.1, -0.05) is 42.5 Å². The van der Waals surface area contributed by atoms with Crippen molar-refractivity contribution >= 4 is 11.9 Å². The molecule has 0 spiro atoms. The summed E-state index contributed by atoms with van der Waals surface area (Å²) in [5, 5.41) is 10.2. The standard InChI is InChI=1S/C22H22O7/c1-2-13-26-19-18(29-21(24)16-11-7-4-8-12-16)17(14-27-22(19)25)28-20(23)15-9-5-3-6-10-15/h2-12,17-19,22,25H,1,13-14H2/t17-,18-,19+,22+/m0/s1. The van der Waals surface area contributed by atoms with E-state index in [-0.39, 0.29) is 13.2 Å². The van der Waals surface area contributed by atoms with Crippen LogP contribution in [-0.4, -0.2) is 54.9 Å². The first kappa shape index (κ1) is 20.7. The second-order valence-corrected chi connectivity index (χ2v) is 6.36. The lowest BCUT2D eigenvalue weighted by Crippen LogP contribution is -2.57. The molecule has 0 aliphatic carbocycles. The number of esters is 2. The summed E-state index contributed by atoms with van der Waals surface area (Å²) in [5.74, 6) is -1.23. The maximum absolute atomic E-state index is 12.6. The topological polar surface area (TPSA) is 91.3 Å². The Kier molecular flexibility index (Phi) is 7.13. The maximum atomic E-state index is 12.6. The minimum Gasteiger partial charge on any atom is -0.452 e. The van der Waals surface area contributed by atoms with Crippen LogP contribution >= 0.6 is 0 Å². The van der Waals surface area contributed by atoms with Crippen LogP contribution < -0.4 is 0 Å². The number of hydrogen-bond acceptors (Lipinski definition) is 7. The summed E-state index contributed by atoms with van der Waals surface area (Å²) in [6.07, 6.45) is -2.95. The van der Waals surface area contributed by atoms with Crippen molar-refractivity contribution in [1.82, 2.24) is 0 Å². The Bertz CT molecular complexity index is 822. The second kappa shape index (κ2) is 9.97. The van der Waals surface area contributed by atoms with Crippen LogP contribution in [0.5, 0.6) is 0 Å². The third-order valence-electron chi connectivity index (χ3n) is 4.33. The van der Waals surface area contributed by atoms with Crippen molar-refractivity contribution in [2.24, 2.45) is 0 Å². The first-order valence-electron chi connectivity index (χ1n) is 9.14. The van der Waals surface area contributed by atoms with Crippen molar-refractivity contribution in [2.45, 2.75) is 24.6 Å². The van der Waals surface area contributed by atoms with Crippen molar-refractivity contribution in [2.75, 3.05) is 13.2 Å². The summed E-state index contributed by atoms with van der Waals surface area (Å²) < 4.78 is 22.0. The van der Waals surface area contributed by atoms with E-state index < -0.39 is 36.5 Å². The van der Waals surface area contributed by atoms with E-state index >= 15 is 0 Å². The summed E-state index contributed by atoms with van der Waals surface area (Å²) in [7, 11) is 0. The summed E-state index contributed by atoms with van der Waals surface area (Å²) in [5.41, 5.74) is 0.666. The molecule has 2 aromatic carbocycles. The number of carbonyl (C=O) groups is 2. The first-order valence-corrected chi connectivity index (χ1v) is 9.14. The molecule has 0 saturated carbocycles. The Balaban J connectivity index is 1.80. The summed E-state index contributed by atoms with van der Waals surface area (Å²) in [6.45, 7) is 3.50. The molecule has 0 aromatic heterocycles. The van der Waals surface area contributed by atoms with E-state index in [0.29, 0.717) is 11.1 Å². The summed E-state index contributed by atoms with van der Waals surface area (Å²) in [6, 6.07) is 16.8. The highest BCUT2D eigenvalue weighted by molar-refractivity contribution is 5.90. The van der Waals surface area contributed by atoms with Crippen LogP contribution in [0, 0.1) is 0 Å². The van der Waals surface area contributed by atoms with Gasteiger partial charge in [0.25, 0.3) is 0 Å². The van der Waals surface area contributed by atoms with Crippen molar-refractivity contribution < 1.29 is 33.6 Å². The number of benzene rings is 2. The van der Waals surface area contributed by atoms with E-state index in [1.54, 1.807) is 60.7 Å². The SMILES string of the molecule is C=CCO[C@@H]1[C@@H](OC(=O)c2ccccc2)[C@@H](OC(=O)c2ccccc2)CO[C@H]1O. The third-order valence-corrected chi connectivity index (χ3v) is 4.33. The highest BCUT2D eigenvalue weighted by Crippen LogP contribution is 2.24. The van der Waals surface area contributed by atoms with Gasteiger partial charge in [-0.2, -0.15) is 0 Å². The van der Waals surface area contributed by atoms with E-state index in [1.165, 1.54) is 6.08 Å². The second-order valence-electron chi connectivity index (χ2n) is 6.36. The van der Waals surface area contributed by atoms with Crippen molar-refractivity contribution in [3.05, 3.63) is 84.4 Å². The first-order chi connectivity index (χ1) is 14.1. The molecule has 1 saturated heterocycles. The van der Waals surface area contributed by atoms with Crippen molar-refractivity contribution in [1.29, 1.82) is 0 Å². The smallest absolute Gasteiger partial charge is 0.338 e. The molecule has 0 unspecified atom stereocenters. The minimum absolute atomic E-state index is 0.0871. The summed E-state index contributed by atoms with van der Waals surface area (Å²) in [4.78, 5) is 25.1. The molecule has 1 aliphatic rings. The van der Waals surface area contributed by atoms with Crippen LogP contribution in [0.1, 0.15) is 20.7 Å². The third kappa shape index (κ3) is 5.29. The van der Waals surface area contributed by atoms with Gasteiger partial charge in [0.2, 0.25) is 0 Å². The zero-order valence-corrected chi connectivity index (χ0v) is 15.7. The number of aliphatic hydroxyl groups excluding tert-OH is 1. The molecule has 0 radical (unpaired) electrons. The fraction of sp³-hybridized carbons (Fsp3) is 0.273. The molecule has 0 bridgehead atoms. The molecule has 3 rings (SSSR count). The van der Waals surface area contributed by atoms with Gasteiger partial charge in [0.05, 0.1) is 24.3 Å². The number of hydrogen-bond donors (Lipinski definition) is 1. The van der Waals surface area contributed by atoms with Gasteiger partial charge < -0.3 is 24.1 Å². The van der Waals surface area contributed by atoms with E-state index in [0.717, 1.165) is 0 Å². The Morgan fingerprint density at radius 3 is 2.07 bits per heavy atom. The zero-order chi connectivity index (χ0) is 20.6. The van der Waals surface area contributed by atoms with Gasteiger partial charge in [-0.3, -0.25) is 0 Å². The Morgan fingerprint density at radius 2 is 1.52 bits per heavy atom. The van der Waals surface area contributed by atoms with Gasteiger partial charge in [-0.05, 0) is 24.3 Å². The fourth-order valence-corrected chi connectivity index (χ4v) is 2.90. The summed E-state index contributed by atoms with van der Waals surface area (Å²) >= 11 is 0. The van der Waals surface area contributed by atoms with Crippen LogP contribution in [0.4, 0.5) is 0 Å². The molecule has 29 heavy (non-hydrogen) atoms.